The number of hydrogen-bond donors (Lipinski definition) is 1. The van der Waals surface area contributed by atoms with Crippen molar-refractivity contribution < 1.29 is 24.2 Å². The van der Waals surface area contributed by atoms with Gasteiger partial charge in [-0.3, -0.25) is 9.59 Å². The molecule has 1 aliphatic heterocycles. The minimum atomic E-state index is -0.570. The number of aliphatic hydroxyl groups excluding tert-OH is 1. The molecule has 1 saturated heterocycles. The van der Waals surface area contributed by atoms with E-state index in [0.717, 1.165) is 25.7 Å². The van der Waals surface area contributed by atoms with Gasteiger partial charge in [0.25, 0.3) is 0 Å². The zero-order chi connectivity index (χ0) is 19.6. The summed E-state index contributed by atoms with van der Waals surface area (Å²) in [5.41, 5.74) is -0.289. The smallest absolute Gasteiger partial charge is 0.309 e. The SMILES string of the molecule is CC(=O)O[C@@H]1C[C@H]2C(C)(C)CCC[C@]2(C)[C@H]2CC[C@H]3C(=O)OC[C@H]3[C@@]21CO. The van der Waals surface area contributed by atoms with Crippen LogP contribution in [0.3, 0.4) is 0 Å². The van der Waals surface area contributed by atoms with Crippen LogP contribution in [0.1, 0.15) is 66.2 Å². The Kier molecular flexibility index (Phi) is 4.41. The number of aliphatic hydroxyl groups is 1. The summed E-state index contributed by atoms with van der Waals surface area (Å²) in [7, 11) is 0. The van der Waals surface area contributed by atoms with E-state index in [2.05, 4.69) is 20.8 Å². The molecule has 0 spiro atoms. The molecule has 4 rings (SSSR count). The standard InChI is InChI=1S/C22H34O5/c1-13(24)27-18-10-17-20(2,3)8-5-9-21(17,4)16-7-6-14-15(11-26-19(14)25)22(16,18)12-23/h14-18,23H,5-12H2,1-4H3/t14-,15-,16-,17+,18-,21-,22+/m1/s1. The van der Waals surface area contributed by atoms with Gasteiger partial charge in [-0.1, -0.05) is 27.2 Å². The van der Waals surface area contributed by atoms with E-state index in [1.807, 2.05) is 0 Å². The highest BCUT2D eigenvalue weighted by molar-refractivity contribution is 5.75. The average Bonchev–Trinajstić information content (AvgIpc) is 2.97. The molecule has 5 nitrogen and oxygen atoms in total. The summed E-state index contributed by atoms with van der Waals surface area (Å²) < 4.78 is 11.4. The Labute approximate surface area is 162 Å². The van der Waals surface area contributed by atoms with E-state index in [4.69, 9.17) is 9.47 Å². The van der Waals surface area contributed by atoms with Crippen molar-refractivity contribution >= 4 is 11.9 Å². The van der Waals surface area contributed by atoms with Crippen LogP contribution in [0.4, 0.5) is 0 Å². The summed E-state index contributed by atoms with van der Waals surface area (Å²) in [6.45, 7) is 8.85. The van der Waals surface area contributed by atoms with Crippen LogP contribution in [-0.2, 0) is 19.1 Å². The van der Waals surface area contributed by atoms with Crippen LogP contribution >= 0.6 is 0 Å². The topological polar surface area (TPSA) is 72.8 Å². The first-order valence-electron chi connectivity index (χ1n) is 10.6. The van der Waals surface area contributed by atoms with Crippen LogP contribution in [0.2, 0.25) is 0 Å². The summed E-state index contributed by atoms with van der Waals surface area (Å²) >= 11 is 0. The molecule has 5 heteroatoms. The van der Waals surface area contributed by atoms with Crippen molar-refractivity contribution in [1.82, 2.24) is 0 Å². The van der Waals surface area contributed by atoms with Gasteiger partial charge in [-0.25, -0.2) is 0 Å². The molecule has 3 saturated carbocycles. The van der Waals surface area contributed by atoms with E-state index < -0.39 is 5.41 Å². The number of esters is 2. The molecule has 27 heavy (non-hydrogen) atoms. The van der Waals surface area contributed by atoms with E-state index in [0.29, 0.717) is 12.5 Å². The summed E-state index contributed by atoms with van der Waals surface area (Å²) in [4.78, 5) is 24.3. The molecule has 0 aromatic carbocycles. The van der Waals surface area contributed by atoms with Crippen molar-refractivity contribution in [3.05, 3.63) is 0 Å². The summed E-state index contributed by atoms with van der Waals surface area (Å²) in [6, 6.07) is 0. The minimum absolute atomic E-state index is 0.0455. The van der Waals surface area contributed by atoms with Gasteiger partial charge in [-0.2, -0.15) is 0 Å². The van der Waals surface area contributed by atoms with Gasteiger partial charge in [0.1, 0.15) is 6.10 Å². The lowest BCUT2D eigenvalue weighted by Gasteiger charge is -2.67. The fourth-order valence-electron chi connectivity index (χ4n) is 7.98. The van der Waals surface area contributed by atoms with E-state index in [-0.39, 0.29) is 53.2 Å². The van der Waals surface area contributed by atoms with Crippen LogP contribution in [0.25, 0.3) is 0 Å². The van der Waals surface area contributed by atoms with Crippen molar-refractivity contribution in [2.75, 3.05) is 13.2 Å². The Morgan fingerprint density at radius 3 is 2.63 bits per heavy atom. The van der Waals surface area contributed by atoms with Gasteiger partial charge in [0, 0.05) is 18.3 Å². The largest absolute Gasteiger partial charge is 0.465 e. The molecule has 0 unspecified atom stereocenters. The van der Waals surface area contributed by atoms with E-state index in [1.165, 1.54) is 19.8 Å². The highest BCUT2D eigenvalue weighted by Gasteiger charge is 2.70. The Balaban J connectivity index is 1.84. The summed E-state index contributed by atoms with van der Waals surface area (Å²) in [5.74, 6) is 0.0418. The molecular formula is C22H34O5. The van der Waals surface area contributed by atoms with E-state index >= 15 is 0 Å². The third-order valence-electron chi connectivity index (χ3n) is 9.00. The lowest BCUT2D eigenvalue weighted by atomic mass is 9.38. The first-order chi connectivity index (χ1) is 12.7. The zero-order valence-corrected chi connectivity index (χ0v) is 17.1. The highest BCUT2D eigenvalue weighted by atomic mass is 16.6. The van der Waals surface area contributed by atoms with Gasteiger partial charge in [0.2, 0.25) is 0 Å². The van der Waals surface area contributed by atoms with E-state index in [1.54, 1.807) is 0 Å². The highest BCUT2D eigenvalue weighted by Crippen LogP contribution is 2.70. The number of cyclic esters (lactones) is 1. The predicted molar refractivity (Wildman–Crippen MR) is 99.6 cm³/mol. The third-order valence-corrected chi connectivity index (χ3v) is 9.00. The third kappa shape index (κ3) is 2.53. The lowest BCUT2D eigenvalue weighted by Crippen LogP contribution is -2.67. The van der Waals surface area contributed by atoms with Gasteiger partial charge in [0.15, 0.2) is 0 Å². The molecule has 4 aliphatic rings. The van der Waals surface area contributed by atoms with Crippen molar-refractivity contribution in [1.29, 1.82) is 0 Å². The fraction of sp³-hybridized carbons (Fsp3) is 0.909. The maximum atomic E-state index is 12.3. The van der Waals surface area contributed by atoms with Gasteiger partial charge >= 0.3 is 11.9 Å². The first-order valence-corrected chi connectivity index (χ1v) is 10.6. The summed E-state index contributed by atoms with van der Waals surface area (Å²) in [5, 5.41) is 10.8. The monoisotopic (exact) mass is 378 g/mol. The van der Waals surface area contributed by atoms with Gasteiger partial charge < -0.3 is 14.6 Å². The molecule has 7 atom stereocenters. The molecule has 0 aromatic heterocycles. The quantitative estimate of drug-likeness (QED) is 0.746. The van der Waals surface area contributed by atoms with Crippen LogP contribution in [0.5, 0.6) is 0 Å². The maximum Gasteiger partial charge on any atom is 0.309 e. The predicted octanol–water partition coefficient (Wildman–Crippen LogP) is 3.33. The molecule has 0 aromatic rings. The number of hydrogen-bond acceptors (Lipinski definition) is 5. The Morgan fingerprint density at radius 1 is 1.22 bits per heavy atom. The molecule has 0 radical (unpaired) electrons. The van der Waals surface area contributed by atoms with Crippen LogP contribution < -0.4 is 0 Å². The van der Waals surface area contributed by atoms with Gasteiger partial charge in [-0.15, -0.1) is 0 Å². The number of rotatable bonds is 2. The van der Waals surface area contributed by atoms with Gasteiger partial charge in [-0.05, 0) is 54.8 Å². The number of ether oxygens (including phenoxy) is 2. The van der Waals surface area contributed by atoms with Crippen molar-refractivity contribution in [3.63, 3.8) is 0 Å². The molecule has 3 aliphatic carbocycles. The maximum absolute atomic E-state index is 12.3. The molecule has 0 amide bonds. The molecule has 1 heterocycles. The second-order valence-corrected chi connectivity index (χ2v) is 10.5. The minimum Gasteiger partial charge on any atom is -0.465 e. The fourth-order valence-corrected chi connectivity index (χ4v) is 7.98. The van der Waals surface area contributed by atoms with Crippen molar-refractivity contribution in [2.24, 2.45) is 39.9 Å². The number of carbonyl (C=O) groups excluding carboxylic acids is 2. The second-order valence-electron chi connectivity index (χ2n) is 10.5. The number of carbonyl (C=O) groups is 2. The molecule has 0 bridgehead atoms. The second kappa shape index (κ2) is 6.20. The van der Waals surface area contributed by atoms with Crippen LogP contribution in [0.15, 0.2) is 0 Å². The normalized spacial score (nSPS) is 48.0. The first kappa shape index (κ1) is 19.2. The molecule has 4 fully saturated rings. The number of fused-ring (bicyclic) bond motifs is 5. The van der Waals surface area contributed by atoms with Crippen molar-refractivity contribution in [2.45, 2.75) is 72.3 Å². The van der Waals surface area contributed by atoms with Gasteiger partial charge in [0.05, 0.1) is 19.1 Å². The Bertz CT molecular complexity index is 643. The van der Waals surface area contributed by atoms with E-state index in [9.17, 15) is 14.7 Å². The van der Waals surface area contributed by atoms with Crippen molar-refractivity contribution in [3.8, 4) is 0 Å². The lowest BCUT2D eigenvalue weighted by molar-refractivity contribution is -0.246. The van der Waals surface area contributed by atoms with Crippen LogP contribution in [-0.4, -0.2) is 36.4 Å². The molecule has 1 N–H and O–H groups in total. The molecular weight excluding hydrogens is 344 g/mol. The average molecular weight is 379 g/mol. The molecule has 152 valence electrons. The zero-order valence-electron chi connectivity index (χ0n) is 17.1. The summed E-state index contributed by atoms with van der Waals surface area (Å²) in [6.07, 6.45) is 5.68. The Hall–Kier alpha value is -1.10. The van der Waals surface area contributed by atoms with Crippen LogP contribution in [0, 0.1) is 39.9 Å². The Morgan fingerprint density at radius 2 is 1.96 bits per heavy atom.